The Balaban J connectivity index is 1.48. The van der Waals surface area contributed by atoms with Gasteiger partial charge in [0.25, 0.3) is 5.91 Å². The number of hydrogen-bond donors (Lipinski definition) is 1. The number of carbonyl (C=O) groups is 2. The topological polar surface area (TPSA) is 71.5 Å². The van der Waals surface area contributed by atoms with Crippen LogP contribution in [-0.2, 0) is 12.8 Å². The van der Waals surface area contributed by atoms with E-state index in [0.717, 1.165) is 29.1 Å². The van der Waals surface area contributed by atoms with Gasteiger partial charge in [0.05, 0.1) is 7.11 Å². The second-order valence-corrected chi connectivity index (χ2v) is 9.51. The lowest BCUT2D eigenvalue weighted by Crippen LogP contribution is -2.43. The zero-order valence-corrected chi connectivity index (χ0v) is 20.7. The summed E-state index contributed by atoms with van der Waals surface area (Å²) in [6.07, 6.45) is 4.92. The quantitative estimate of drug-likeness (QED) is 0.406. The molecule has 6 heteroatoms. The zero-order chi connectivity index (χ0) is 25.0. The molecule has 4 rings (SSSR count). The molecule has 1 N–H and O–H groups in total. The third kappa shape index (κ3) is 5.77. The molecule has 180 valence electrons. The molecule has 2 aromatic carbocycles. The van der Waals surface area contributed by atoms with Crippen LogP contribution in [0.2, 0.25) is 0 Å². The molecule has 1 aliphatic heterocycles. The van der Waals surface area contributed by atoms with Gasteiger partial charge in [0.15, 0.2) is 5.78 Å². The number of nitrogens with one attached hydrogen (secondary N) is 1. The normalized spacial score (nSPS) is 15.1. The van der Waals surface area contributed by atoms with E-state index in [2.05, 4.69) is 30.2 Å². The molecule has 0 bridgehead atoms. The fourth-order valence-corrected chi connectivity index (χ4v) is 4.30. The van der Waals surface area contributed by atoms with E-state index in [-0.39, 0.29) is 17.2 Å². The highest BCUT2D eigenvalue weighted by Crippen LogP contribution is 2.32. The Labute approximate surface area is 206 Å². The van der Waals surface area contributed by atoms with Gasteiger partial charge in [-0.3, -0.25) is 14.6 Å². The maximum atomic E-state index is 13.1. The number of methoxy groups -OCH3 is 1. The number of hydrogen-bond acceptors (Lipinski definition) is 5. The van der Waals surface area contributed by atoms with Gasteiger partial charge in [-0.25, -0.2) is 0 Å². The van der Waals surface area contributed by atoms with Crippen molar-refractivity contribution in [3.63, 3.8) is 0 Å². The first-order valence-electron chi connectivity index (χ1n) is 11.7. The highest BCUT2D eigenvalue weighted by atomic mass is 16.5. The summed E-state index contributed by atoms with van der Waals surface area (Å²) in [6.45, 7) is 4.79. The van der Waals surface area contributed by atoms with E-state index in [9.17, 15) is 9.59 Å². The Morgan fingerprint density at radius 2 is 1.83 bits per heavy atom. The van der Waals surface area contributed by atoms with Gasteiger partial charge in [0.1, 0.15) is 5.75 Å². The maximum absolute atomic E-state index is 13.1. The summed E-state index contributed by atoms with van der Waals surface area (Å²) in [6, 6.07) is 18.6. The minimum atomic E-state index is -0.177. The van der Waals surface area contributed by atoms with E-state index in [4.69, 9.17) is 4.74 Å². The van der Waals surface area contributed by atoms with Gasteiger partial charge in [-0.15, -0.1) is 0 Å². The third-order valence-corrected chi connectivity index (χ3v) is 6.18. The summed E-state index contributed by atoms with van der Waals surface area (Å²) < 4.78 is 5.39. The highest BCUT2D eigenvalue weighted by Gasteiger charge is 2.28. The lowest BCUT2D eigenvalue weighted by atomic mass is 9.85. The Hall–Kier alpha value is -3.93. The molecular weight excluding hydrogens is 438 g/mol. The fourth-order valence-electron chi connectivity index (χ4n) is 4.30. The number of benzene rings is 2. The van der Waals surface area contributed by atoms with E-state index < -0.39 is 0 Å². The Morgan fingerprint density at radius 1 is 1.09 bits per heavy atom. The molecule has 0 spiro atoms. The summed E-state index contributed by atoms with van der Waals surface area (Å²) in [5.41, 5.74) is 4.75. The van der Waals surface area contributed by atoms with Crippen molar-refractivity contribution < 1.29 is 14.3 Å². The van der Waals surface area contributed by atoms with Gasteiger partial charge >= 0.3 is 0 Å². The second-order valence-electron chi connectivity index (χ2n) is 9.51. The number of ether oxygens (including phenoxy) is 1. The lowest BCUT2D eigenvalue weighted by Gasteiger charge is -2.35. The average Bonchev–Trinajstić information content (AvgIpc) is 2.86. The summed E-state index contributed by atoms with van der Waals surface area (Å²) in [5, 5.41) is 3.49. The number of amides is 1. The molecule has 2 heterocycles. The van der Waals surface area contributed by atoms with Crippen molar-refractivity contribution in [1.82, 2.24) is 15.2 Å². The molecule has 0 saturated heterocycles. The van der Waals surface area contributed by atoms with Crippen molar-refractivity contribution in [1.29, 1.82) is 0 Å². The highest BCUT2D eigenvalue weighted by molar-refractivity contribution is 6.09. The number of pyridine rings is 1. The number of ketones is 1. The van der Waals surface area contributed by atoms with Crippen molar-refractivity contribution in [3.8, 4) is 5.75 Å². The van der Waals surface area contributed by atoms with Gasteiger partial charge in [-0.2, -0.15) is 0 Å². The Kier molecular flexibility index (Phi) is 7.01. The van der Waals surface area contributed by atoms with E-state index in [0.29, 0.717) is 24.1 Å². The molecule has 0 atom stereocenters. The minimum absolute atomic E-state index is 0.0880. The zero-order valence-electron chi connectivity index (χ0n) is 20.7. The number of carbonyl (C=O) groups excluding carboxylic acids is 2. The van der Waals surface area contributed by atoms with Crippen molar-refractivity contribution in [2.24, 2.45) is 0 Å². The summed E-state index contributed by atoms with van der Waals surface area (Å²) in [7, 11) is 3.41. The van der Waals surface area contributed by atoms with Crippen LogP contribution in [0.25, 0.3) is 5.70 Å². The smallest absolute Gasteiger partial charge is 0.253 e. The number of likely N-dealkylation sites (N-methyl/N-ethyl adjacent to an activating group) is 1. The minimum Gasteiger partial charge on any atom is -0.497 e. The Bertz CT molecular complexity index is 1250. The largest absolute Gasteiger partial charge is 0.497 e. The molecule has 0 saturated carbocycles. The van der Waals surface area contributed by atoms with Crippen LogP contribution in [0.5, 0.6) is 5.75 Å². The predicted molar refractivity (Wildman–Crippen MR) is 138 cm³/mol. The van der Waals surface area contributed by atoms with Gasteiger partial charge in [-0.1, -0.05) is 24.3 Å². The van der Waals surface area contributed by atoms with Crippen LogP contribution in [0.3, 0.4) is 0 Å². The molecule has 0 unspecified atom stereocenters. The third-order valence-electron chi connectivity index (χ3n) is 6.18. The molecule has 1 aliphatic rings. The van der Waals surface area contributed by atoms with Gasteiger partial charge in [0, 0.05) is 65.9 Å². The average molecular weight is 470 g/mol. The summed E-state index contributed by atoms with van der Waals surface area (Å²) >= 11 is 0. The predicted octanol–water partition coefficient (Wildman–Crippen LogP) is 4.55. The first-order chi connectivity index (χ1) is 16.8. The van der Waals surface area contributed by atoms with Crippen molar-refractivity contribution in [2.45, 2.75) is 32.2 Å². The first-order valence-corrected chi connectivity index (χ1v) is 11.7. The number of nitrogens with zero attached hydrogens (tertiary/aromatic N) is 2. The standard InChI is InChI=1S/C29H31N3O3/c1-29(2)19-22-12-13-24(35-4)17-25(22)26(31-29)18-27(33)20-8-10-21(11-9-20)28(34)32(3)16-14-23-7-5-6-15-30-23/h5-13,15,17-18,31H,14,16,19H2,1-4H3/b26-18-. The molecule has 0 aliphatic carbocycles. The molecule has 0 radical (unpaired) electrons. The van der Waals surface area contributed by atoms with Crippen LogP contribution in [0, 0.1) is 0 Å². The van der Waals surface area contributed by atoms with Crippen molar-refractivity contribution >= 4 is 17.4 Å². The molecule has 1 aromatic heterocycles. The van der Waals surface area contributed by atoms with Gasteiger partial charge in [-0.05, 0) is 62.2 Å². The van der Waals surface area contributed by atoms with Gasteiger partial charge < -0.3 is 15.0 Å². The SMILES string of the molecule is COc1ccc2c(c1)/C(=C/C(=O)c1ccc(C(=O)N(C)CCc3ccccn3)cc1)NC(C)(C)C2. The van der Waals surface area contributed by atoms with Crippen LogP contribution in [0.1, 0.15) is 51.4 Å². The van der Waals surface area contributed by atoms with Crippen molar-refractivity contribution in [3.05, 3.63) is 101 Å². The summed E-state index contributed by atoms with van der Waals surface area (Å²) in [5.74, 6) is 0.537. The van der Waals surface area contributed by atoms with Crippen LogP contribution in [-0.4, -0.2) is 47.8 Å². The Morgan fingerprint density at radius 3 is 2.51 bits per heavy atom. The van der Waals surface area contributed by atoms with Crippen LogP contribution >= 0.6 is 0 Å². The number of aromatic nitrogens is 1. The molecule has 0 fully saturated rings. The molecule has 3 aromatic rings. The first kappa shape index (κ1) is 24.2. The van der Waals surface area contributed by atoms with Crippen LogP contribution in [0.4, 0.5) is 0 Å². The van der Waals surface area contributed by atoms with E-state index in [1.165, 1.54) is 5.56 Å². The number of fused-ring (bicyclic) bond motifs is 1. The molecule has 6 nitrogen and oxygen atoms in total. The van der Waals surface area contributed by atoms with Crippen molar-refractivity contribution in [2.75, 3.05) is 20.7 Å². The molecule has 35 heavy (non-hydrogen) atoms. The van der Waals surface area contributed by atoms with Crippen LogP contribution in [0.15, 0.2) is 72.9 Å². The van der Waals surface area contributed by atoms with Crippen LogP contribution < -0.4 is 10.1 Å². The fraction of sp³-hybridized carbons (Fsp3) is 0.276. The molecule has 1 amide bonds. The van der Waals surface area contributed by atoms with E-state index in [1.54, 1.807) is 55.6 Å². The number of allylic oxidation sites excluding steroid dienone is 1. The second kappa shape index (κ2) is 10.1. The maximum Gasteiger partial charge on any atom is 0.253 e. The van der Waals surface area contributed by atoms with Gasteiger partial charge in [0.2, 0.25) is 0 Å². The number of rotatable bonds is 7. The lowest BCUT2D eigenvalue weighted by molar-refractivity contribution is 0.0796. The van der Waals surface area contributed by atoms with E-state index >= 15 is 0 Å². The summed E-state index contributed by atoms with van der Waals surface area (Å²) in [4.78, 5) is 31.9. The van der Waals surface area contributed by atoms with E-state index in [1.807, 2.05) is 30.3 Å². The monoisotopic (exact) mass is 469 g/mol. The molecular formula is C29H31N3O3.